The maximum atomic E-state index is 13.0. The lowest BCUT2D eigenvalue weighted by atomic mass is 10.1. The number of carbonyl (C=O) groups is 1. The first-order chi connectivity index (χ1) is 17.1. The number of pyridine rings is 2. The summed E-state index contributed by atoms with van der Waals surface area (Å²) in [6.07, 6.45) is 5.84. The molecule has 2 heterocycles. The maximum Gasteiger partial charge on any atom is 0.267 e. The number of aryl methyl sites for hydroxylation is 1. The summed E-state index contributed by atoms with van der Waals surface area (Å²) in [5.41, 5.74) is 1.08. The van der Waals surface area contributed by atoms with Crippen LogP contribution in [0.25, 0.3) is 10.9 Å². The predicted molar refractivity (Wildman–Crippen MR) is 137 cm³/mol. The smallest absolute Gasteiger partial charge is 0.267 e. The van der Waals surface area contributed by atoms with Crippen molar-refractivity contribution in [2.45, 2.75) is 24.1 Å². The lowest BCUT2D eigenvalue weighted by molar-refractivity contribution is 0.0949. The lowest BCUT2D eigenvalue weighted by Gasteiger charge is -2.16. The highest BCUT2D eigenvalue weighted by Gasteiger charge is 2.56. The number of ether oxygens (including phenoxy) is 1. The van der Waals surface area contributed by atoms with E-state index in [1.54, 1.807) is 42.8 Å². The Hall–Kier alpha value is -3.56. The molecule has 0 radical (unpaired) electrons. The van der Waals surface area contributed by atoms with E-state index >= 15 is 0 Å². The van der Waals surface area contributed by atoms with Gasteiger partial charge in [0.1, 0.15) is 22.4 Å². The Morgan fingerprint density at radius 3 is 2.58 bits per heavy atom. The van der Waals surface area contributed by atoms with Crippen LogP contribution in [-0.4, -0.2) is 47.7 Å². The fraction of sp³-hybridized carbons (Fsp3) is 0.333. The average Bonchev–Trinajstić information content (AvgIpc) is 3.65. The third-order valence-electron chi connectivity index (χ3n) is 5.95. The summed E-state index contributed by atoms with van der Waals surface area (Å²) in [5.74, 6) is -0.426. The van der Waals surface area contributed by atoms with Gasteiger partial charge in [0, 0.05) is 25.2 Å². The molecule has 0 atom stereocenters. The number of nitrogens with one attached hydrogen (secondary N) is 1. The van der Waals surface area contributed by atoms with Crippen molar-refractivity contribution in [3.8, 4) is 11.9 Å². The molecule has 1 aliphatic carbocycles. The Bertz CT molecular complexity index is 1580. The van der Waals surface area contributed by atoms with Crippen molar-refractivity contribution >= 4 is 37.5 Å². The first-order valence-electron chi connectivity index (χ1n) is 11.0. The summed E-state index contributed by atoms with van der Waals surface area (Å²) in [6.45, 7) is 0.0676. The molecule has 0 aliphatic heterocycles. The zero-order chi connectivity index (χ0) is 26.1. The lowest BCUT2D eigenvalue weighted by Crippen LogP contribution is -2.32. The molecule has 1 N–H and O–H groups in total. The summed E-state index contributed by atoms with van der Waals surface area (Å²) in [7, 11) is -2.81. The summed E-state index contributed by atoms with van der Waals surface area (Å²) >= 11 is 0. The number of aromatic nitrogens is 2. The van der Waals surface area contributed by atoms with Crippen molar-refractivity contribution < 1.29 is 17.9 Å². The quantitative estimate of drug-likeness (QED) is 0.472. The number of rotatable bonds is 8. The molecule has 1 aliphatic rings. The molecule has 3 aromatic rings. The zero-order valence-electron chi connectivity index (χ0n) is 20.0. The van der Waals surface area contributed by atoms with Crippen LogP contribution in [0.3, 0.4) is 0 Å². The molecule has 1 saturated carbocycles. The van der Waals surface area contributed by atoms with E-state index in [0.29, 0.717) is 29.3 Å². The van der Waals surface area contributed by atoms with Crippen LogP contribution < -0.4 is 15.6 Å². The van der Waals surface area contributed by atoms with Crippen molar-refractivity contribution in [3.05, 3.63) is 69.6 Å². The van der Waals surface area contributed by atoms with Crippen LogP contribution in [0.5, 0.6) is 5.88 Å². The van der Waals surface area contributed by atoms with E-state index in [2.05, 4.69) is 14.1 Å². The minimum Gasteiger partial charge on any atom is -0.474 e. The fourth-order valence-electron chi connectivity index (χ4n) is 3.74. The van der Waals surface area contributed by atoms with Gasteiger partial charge in [0.2, 0.25) is 5.88 Å². The number of nitrogens with zero attached hydrogens (tertiary/aromatic N) is 4. The summed E-state index contributed by atoms with van der Waals surface area (Å²) in [6, 6.07) is 11.9. The Balaban J connectivity index is 1.57. The van der Waals surface area contributed by atoms with Crippen LogP contribution in [0.15, 0.2) is 51.2 Å². The number of amides is 1. The highest BCUT2D eigenvalue weighted by atomic mass is 32.3. The number of carbonyl (C=O) groups excluding carboxylic acids is 1. The zero-order valence-corrected chi connectivity index (χ0v) is 21.6. The Labute approximate surface area is 211 Å². The van der Waals surface area contributed by atoms with E-state index in [1.807, 2.05) is 6.07 Å². The molecule has 0 saturated heterocycles. The van der Waals surface area contributed by atoms with Crippen molar-refractivity contribution in [1.29, 1.82) is 5.26 Å². The van der Waals surface area contributed by atoms with E-state index < -0.39 is 36.9 Å². The second-order valence-electron chi connectivity index (χ2n) is 8.76. The fourth-order valence-corrected chi connectivity index (χ4v) is 6.76. The largest absolute Gasteiger partial charge is 0.474 e. The van der Waals surface area contributed by atoms with Gasteiger partial charge in [-0.1, -0.05) is 22.8 Å². The third kappa shape index (κ3) is 5.03. The molecule has 10 nitrogen and oxygen atoms in total. The van der Waals surface area contributed by atoms with Crippen LogP contribution in [0.4, 0.5) is 0 Å². The second kappa shape index (κ2) is 9.83. The number of fused-ring (bicyclic) bond motifs is 1. The Morgan fingerprint density at radius 1 is 1.28 bits per heavy atom. The van der Waals surface area contributed by atoms with Crippen molar-refractivity contribution in [3.63, 3.8) is 0 Å². The van der Waals surface area contributed by atoms with E-state index in [4.69, 9.17) is 10.00 Å². The van der Waals surface area contributed by atoms with Gasteiger partial charge in [-0.05, 0) is 55.2 Å². The van der Waals surface area contributed by atoms with Crippen LogP contribution in [0.2, 0.25) is 0 Å². The van der Waals surface area contributed by atoms with Crippen LogP contribution >= 0.6 is 0 Å². The van der Waals surface area contributed by atoms with E-state index in [0.717, 1.165) is 5.56 Å². The SMILES string of the molecule is Cn1c(=O)c(C(=O)NCc2ccc(C#N)cc2)cc2ccnc(OCC3(S(=O)(=O)N=S(C)C)CC3)c21. The molecule has 0 spiro atoms. The van der Waals surface area contributed by atoms with Gasteiger partial charge in [-0.15, -0.1) is 3.77 Å². The highest BCUT2D eigenvalue weighted by Crippen LogP contribution is 2.45. The third-order valence-corrected chi connectivity index (χ3v) is 9.55. The number of hydrogen-bond donors (Lipinski definition) is 1. The number of hydrogen-bond acceptors (Lipinski definition) is 7. The molecule has 188 valence electrons. The number of benzene rings is 1. The summed E-state index contributed by atoms with van der Waals surface area (Å²) in [5, 5.41) is 12.2. The molecule has 36 heavy (non-hydrogen) atoms. The van der Waals surface area contributed by atoms with Crippen LogP contribution in [-0.2, 0) is 34.3 Å². The van der Waals surface area contributed by atoms with Gasteiger partial charge in [0.15, 0.2) is 0 Å². The molecule has 0 bridgehead atoms. The van der Waals surface area contributed by atoms with Crippen molar-refractivity contribution in [2.24, 2.45) is 10.8 Å². The Kier molecular flexibility index (Phi) is 6.97. The molecule has 2 aromatic heterocycles. The van der Waals surface area contributed by atoms with Gasteiger partial charge >= 0.3 is 0 Å². The molecular weight excluding hydrogens is 502 g/mol. The minimum atomic E-state index is -3.69. The van der Waals surface area contributed by atoms with E-state index in [1.165, 1.54) is 23.9 Å². The van der Waals surface area contributed by atoms with Gasteiger partial charge in [0.25, 0.3) is 21.5 Å². The van der Waals surface area contributed by atoms with Crippen molar-refractivity contribution in [1.82, 2.24) is 14.9 Å². The van der Waals surface area contributed by atoms with Gasteiger partial charge in [0.05, 0.1) is 11.6 Å². The molecule has 1 fully saturated rings. The topological polar surface area (TPSA) is 144 Å². The van der Waals surface area contributed by atoms with Crippen LogP contribution in [0.1, 0.15) is 34.3 Å². The summed E-state index contributed by atoms with van der Waals surface area (Å²) in [4.78, 5) is 30.1. The normalized spacial score (nSPS) is 14.3. The standard InChI is InChI=1S/C24H25N5O5S2/c1-29-20-18(8-11-26-22(20)34-15-24(9-10-24)36(32,33)28-35(2)3)12-19(23(29)31)21(30)27-14-17-6-4-16(13-25)5-7-17/h4-8,11-12H,9-10,14-15H2,1-3H3,(H,27,30). The van der Waals surface area contributed by atoms with Gasteiger partial charge in [-0.3, -0.25) is 9.59 Å². The molecule has 1 aromatic carbocycles. The second-order valence-corrected chi connectivity index (χ2v) is 12.7. The monoisotopic (exact) mass is 527 g/mol. The predicted octanol–water partition coefficient (Wildman–Crippen LogP) is 2.04. The molecular formula is C24H25N5O5S2. The summed E-state index contributed by atoms with van der Waals surface area (Å²) < 4.78 is 35.3. The van der Waals surface area contributed by atoms with Crippen molar-refractivity contribution in [2.75, 3.05) is 19.1 Å². The Morgan fingerprint density at radius 2 is 1.97 bits per heavy atom. The highest BCUT2D eigenvalue weighted by molar-refractivity contribution is 8.00. The molecule has 1 amide bonds. The first kappa shape index (κ1) is 25.5. The van der Waals surface area contributed by atoms with E-state index in [-0.39, 0.29) is 24.6 Å². The maximum absolute atomic E-state index is 13.0. The van der Waals surface area contributed by atoms with Gasteiger partial charge < -0.3 is 14.6 Å². The molecule has 12 heteroatoms. The average molecular weight is 528 g/mol. The first-order valence-corrected chi connectivity index (χ1v) is 14.4. The number of nitriles is 1. The molecule has 0 unspecified atom stereocenters. The number of sulfonamides is 1. The minimum absolute atomic E-state index is 0.0474. The molecule has 4 rings (SSSR count). The van der Waals surface area contributed by atoms with Crippen LogP contribution in [0, 0.1) is 11.3 Å². The van der Waals surface area contributed by atoms with E-state index in [9.17, 15) is 18.0 Å². The van der Waals surface area contributed by atoms with Gasteiger partial charge in [-0.25, -0.2) is 13.4 Å². The van der Waals surface area contributed by atoms with Gasteiger partial charge in [-0.2, -0.15) is 5.26 Å².